The Hall–Kier alpha value is -2.22. The molecule has 2 atom stereocenters. The summed E-state index contributed by atoms with van der Waals surface area (Å²) in [6.45, 7) is 3.83. The highest BCUT2D eigenvalue weighted by Gasteiger charge is 2.67. The Morgan fingerprint density at radius 3 is 1.40 bits per heavy atom. The quantitative estimate of drug-likeness (QED) is 0.730. The van der Waals surface area contributed by atoms with Gasteiger partial charge in [0.2, 0.25) is 0 Å². The Morgan fingerprint density at radius 2 is 1.00 bits per heavy atom. The normalized spacial score (nSPS) is 30.1. The van der Waals surface area contributed by atoms with Crippen LogP contribution in [0.25, 0.3) is 0 Å². The molecule has 4 rings (SSSR count). The van der Waals surface area contributed by atoms with Gasteiger partial charge in [0.1, 0.15) is 0 Å². The predicted octanol–water partition coefficient (Wildman–Crippen LogP) is 3.29. The molecular weight excluding hydrogens is 248 g/mol. The summed E-state index contributed by atoms with van der Waals surface area (Å²) in [6, 6.07) is 15.0. The molecule has 0 saturated carbocycles. The van der Waals surface area contributed by atoms with Crippen LogP contribution < -0.4 is 0 Å². The first-order valence-corrected chi connectivity index (χ1v) is 6.81. The number of fused-ring (bicyclic) bond motifs is 5. The summed E-state index contributed by atoms with van der Waals surface area (Å²) in [7, 11) is 0. The predicted molar refractivity (Wildman–Crippen MR) is 76.2 cm³/mol. The van der Waals surface area contributed by atoms with Crippen LogP contribution in [0.3, 0.4) is 0 Å². The fourth-order valence-corrected chi connectivity index (χ4v) is 4.01. The van der Waals surface area contributed by atoms with Gasteiger partial charge >= 0.3 is 0 Å². The number of carbonyl (C=O) groups is 2. The van der Waals surface area contributed by atoms with Crippen molar-refractivity contribution in [2.24, 2.45) is 0 Å². The van der Waals surface area contributed by atoms with Crippen LogP contribution in [-0.2, 0) is 10.8 Å². The maximum atomic E-state index is 13.0. The first-order chi connectivity index (χ1) is 9.53. The van der Waals surface area contributed by atoms with E-state index in [2.05, 4.69) is 0 Å². The van der Waals surface area contributed by atoms with Crippen molar-refractivity contribution < 1.29 is 9.59 Å². The monoisotopic (exact) mass is 262 g/mol. The van der Waals surface area contributed by atoms with Gasteiger partial charge in [0.25, 0.3) is 0 Å². The molecule has 0 radical (unpaired) electrons. The van der Waals surface area contributed by atoms with Gasteiger partial charge in [-0.3, -0.25) is 9.59 Å². The second kappa shape index (κ2) is 3.26. The minimum absolute atomic E-state index is 0.0638. The van der Waals surface area contributed by atoms with E-state index in [4.69, 9.17) is 0 Å². The smallest absolute Gasteiger partial charge is 0.174 e. The molecule has 2 aliphatic carbocycles. The van der Waals surface area contributed by atoms with Crippen LogP contribution >= 0.6 is 0 Å². The summed E-state index contributed by atoms with van der Waals surface area (Å²) in [5.74, 6) is 0.128. The van der Waals surface area contributed by atoms with Crippen LogP contribution in [0, 0.1) is 0 Å². The number of rotatable bonds is 0. The van der Waals surface area contributed by atoms with E-state index in [0.717, 1.165) is 11.1 Å². The highest BCUT2D eigenvalue weighted by atomic mass is 16.1. The lowest BCUT2D eigenvalue weighted by atomic mass is 9.66. The van der Waals surface area contributed by atoms with Gasteiger partial charge in [-0.05, 0) is 25.0 Å². The van der Waals surface area contributed by atoms with Gasteiger partial charge < -0.3 is 0 Å². The molecule has 2 aromatic rings. The number of Topliss-reactive ketones (excluding diaryl/α,β-unsaturated/α-hetero) is 2. The van der Waals surface area contributed by atoms with Crippen molar-refractivity contribution in [1.82, 2.24) is 0 Å². The summed E-state index contributed by atoms with van der Waals surface area (Å²) in [6.07, 6.45) is 0. The second-order valence-corrected chi connectivity index (χ2v) is 6.00. The molecule has 2 heteroatoms. The zero-order chi connectivity index (χ0) is 14.1. The highest BCUT2D eigenvalue weighted by Crippen LogP contribution is 2.59. The Bertz CT molecular complexity index is 722. The summed E-state index contributed by atoms with van der Waals surface area (Å²) >= 11 is 0. The second-order valence-electron chi connectivity index (χ2n) is 6.00. The lowest BCUT2D eigenvalue weighted by Crippen LogP contribution is -2.44. The average Bonchev–Trinajstić information content (AvgIpc) is 2.78. The van der Waals surface area contributed by atoms with Crippen LogP contribution in [0.4, 0.5) is 0 Å². The van der Waals surface area contributed by atoms with E-state index < -0.39 is 10.8 Å². The summed E-state index contributed by atoms with van der Waals surface area (Å²) in [5, 5.41) is 0. The lowest BCUT2D eigenvalue weighted by molar-refractivity contribution is 0.0776. The molecule has 0 amide bonds. The third-order valence-electron chi connectivity index (χ3n) is 5.33. The highest BCUT2D eigenvalue weighted by molar-refractivity contribution is 6.24. The van der Waals surface area contributed by atoms with E-state index in [1.54, 1.807) is 0 Å². The largest absolute Gasteiger partial charge is 0.293 e. The molecule has 0 unspecified atom stereocenters. The minimum Gasteiger partial charge on any atom is -0.293 e. The third kappa shape index (κ3) is 0.933. The molecule has 0 aliphatic heterocycles. The molecule has 2 nitrogen and oxygen atoms in total. The van der Waals surface area contributed by atoms with Crippen molar-refractivity contribution in [3.63, 3.8) is 0 Å². The molecule has 0 spiro atoms. The van der Waals surface area contributed by atoms with Crippen LogP contribution in [0.15, 0.2) is 48.5 Å². The van der Waals surface area contributed by atoms with Crippen LogP contribution in [0.2, 0.25) is 0 Å². The molecule has 2 aliphatic rings. The Morgan fingerprint density at radius 1 is 0.650 bits per heavy atom. The minimum atomic E-state index is -0.773. The summed E-state index contributed by atoms with van der Waals surface area (Å²) in [5.41, 5.74) is 1.58. The van der Waals surface area contributed by atoms with E-state index in [1.165, 1.54) is 0 Å². The standard InChI is InChI=1S/C18H14O2/c1-17-13-9-5-3-7-11(13)16(20)18(17,2)14-10-6-4-8-12(14)15(17)19/h3-10H,1-2H3/t17-,18-/m1/s1. The number of benzene rings is 2. The Kier molecular flexibility index (Phi) is 1.89. The van der Waals surface area contributed by atoms with Crippen molar-refractivity contribution in [1.29, 1.82) is 0 Å². The molecule has 2 aromatic carbocycles. The van der Waals surface area contributed by atoms with E-state index in [-0.39, 0.29) is 11.6 Å². The molecule has 0 heterocycles. The Balaban J connectivity index is 2.15. The number of hydrogen-bond acceptors (Lipinski definition) is 2. The fraction of sp³-hybridized carbons (Fsp3) is 0.222. The SMILES string of the molecule is C[C@@]12C(=O)c3ccccc3[C@]1(C)C(=O)c1ccccc12. The van der Waals surface area contributed by atoms with E-state index in [1.807, 2.05) is 62.4 Å². The number of carbonyl (C=O) groups excluding carboxylic acids is 2. The van der Waals surface area contributed by atoms with Gasteiger partial charge in [-0.1, -0.05) is 48.5 Å². The molecular formula is C18H14O2. The van der Waals surface area contributed by atoms with Crippen molar-refractivity contribution in [2.45, 2.75) is 24.7 Å². The molecule has 0 aromatic heterocycles. The van der Waals surface area contributed by atoms with Crippen molar-refractivity contribution in [3.05, 3.63) is 70.8 Å². The van der Waals surface area contributed by atoms with Gasteiger partial charge in [-0.25, -0.2) is 0 Å². The first kappa shape index (κ1) is 11.6. The first-order valence-electron chi connectivity index (χ1n) is 6.81. The number of ketones is 2. The van der Waals surface area contributed by atoms with Crippen molar-refractivity contribution >= 4 is 11.6 Å². The van der Waals surface area contributed by atoms with Gasteiger partial charge in [0.15, 0.2) is 11.6 Å². The maximum absolute atomic E-state index is 13.0. The third-order valence-corrected chi connectivity index (χ3v) is 5.33. The summed E-state index contributed by atoms with van der Waals surface area (Å²) in [4.78, 5) is 25.9. The van der Waals surface area contributed by atoms with Crippen LogP contribution in [-0.4, -0.2) is 11.6 Å². The summed E-state index contributed by atoms with van der Waals surface area (Å²) < 4.78 is 0. The van der Waals surface area contributed by atoms with Crippen molar-refractivity contribution in [2.75, 3.05) is 0 Å². The van der Waals surface area contributed by atoms with Crippen molar-refractivity contribution in [3.8, 4) is 0 Å². The average molecular weight is 262 g/mol. The molecule has 98 valence electrons. The van der Waals surface area contributed by atoms with E-state index >= 15 is 0 Å². The van der Waals surface area contributed by atoms with Crippen LogP contribution in [0.1, 0.15) is 45.7 Å². The zero-order valence-electron chi connectivity index (χ0n) is 11.4. The Labute approximate surface area is 117 Å². The van der Waals surface area contributed by atoms with Gasteiger partial charge in [-0.15, -0.1) is 0 Å². The molecule has 0 bridgehead atoms. The lowest BCUT2D eigenvalue weighted by Gasteiger charge is -2.32. The molecule has 0 fully saturated rings. The van der Waals surface area contributed by atoms with Gasteiger partial charge in [0, 0.05) is 11.1 Å². The van der Waals surface area contributed by atoms with E-state index in [9.17, 15) is 9.59 Å². The molecule has 20 heavy (non-hydrogen) atoms. The zero-order valence-corrected chi connectivity index (χ0v) is 11.4. The number of hydrogen-bond donors (Lipinski definition) is 0. The maximum Gasteiger partial charge on any atom is 0.174 e. The fourth-order valence-electron chi connectivity index (χ4n) is 4.01. The topological polar surface area (TPSA) is 34.1 Å². The van der Waals surface area contributed by atoms with E-state index in [0.29, 0.717) is 11.1 Å². The molecule has 0 saturated heterocycles. The van der Waals surface area contributed by atoms with Crippen LogP contribution in [0.5, 0.6) is 0 Å². The molecule has 0 N–H and O–H groups in total. The van der Waals surface area contributed by atoms with Gasteiger partial charge in [-0.2, -0.15) is 0 Å². The van der Waals surface area contributed by atoms with Gasteiger partial charge in [0.05, 0.1) is 10.8 Å².